The van der Waals surface area contributed by atoms with Crippen molar-refractivity contribution in [2.75, 3.05) is 5.73 Å². The molecule has 4 rings (SSSR count). The zero-order valence-corrected chi connectivity index (χ0v) is 13.2. The number of benzene rings is 1. The van der Waals surface area contributed by atoms with Gasteiger partial charge in [-0.15, -0.1) is 0 Å². The summed E-state index contributed by atoms with van der Waals surface area (Å²) in [6.07, 6.45) is 2.54. The number of anilines is 1. The summed E-state index contributed by atoms with van der Waals surface area (Å²) in [6, 6.07) is 8.13. The standard InChI is InChI=1S/C18H16N4O2/c1-9-3-2-4-10(5-9)11-6-12-13(14(23)7-11)8-20-16-15(12)17(24)22-18(19)21-16/h2-5,8,11H,6-7H2,1H3,(H3,19,20,21,22,24)/t11-/m1/s1. The van der Waals surface area contributed by atoms with Crippen LogP contribution in [0.1, 0.15) is 39.4 Å². The van der Waals surface area contributed by atoms with E-state index in [9.17, 15) is 9.59 Å². The van der Waals surface area contributed by atoms with Crippen LogP contribution in [0.5, 0.6) is 0 Å². The molecule has 3 N–H and O–H groups in total. The molecule has 2 aromatic heterocycles. The van der Waals surface area contributed by atoms with Gasteiger partial charge in [0, 0.05) is 18.2 Å². The summed E-state index contributed by atoms with van der Waals surface area (Å²) in [7, 11) is 0. The number of carbonyl (C=O) groups is 1. The van der Waals surface area contributed by atoms with Gasteiger partial charge in [-0.3, -0.25) is 14.6 Å². The Morgan fingerprint density at radius 3 is 2.88 bits per heavy atom. The second-order valence-corrected chi connectivity index (χ2v) is 6.24. The third kappa shape index (κ3) is 2.27. The van der Waals surface area contributed by atoms with E-state index in [1.807, 2.05) is 25.1 Å². The quantitative estimate of drug-likeness (QED) is 0.715. The largest absolute Gasteiger partial charge is 0.369 e. The van der Waals surface area contributed by atoms with Gasteiger partial charge in [-0.05, 0) is 30.4 Å². The molecule has 6 heteroatoms. The number of rotatable bonds is 1. The van der Waals surface area contributed by atoms with Crippen LogP contribution in [-0.2, 0) is 6.42 Å². The van der Waals surface area contributed by atoms with Gasteiger partial charge in [0.15, 0.2) is 11.4 Å². The average Bonchev–Trinajstić information content (AvgIpc) is 2.53. The number of fused-ring (bicyclic) bond motifs is 3. The molecule has 0 saturated heterocycles. The number of ketones is 1. The molecule has 0 spiro atoms. The molecule has 0 fully saturated rings. The van der Waals surface area contributed by atoms with E-state index < -0.39 is 0 Å². The second kappa shape index (κ2) is 5.26. The highest BCUT2D eigenvalue weighted by molar-refractivity contribution is 6.02. The summed E-state index contributed by atoms with van der Waals surface area (Å²) in [4.78, 5) is 35.7. The van der Waals surface area contributed by atoms with E-state index in [-0.39, 0.29) is 28.9 Å². The highest BCUT2D eigenvalue weighted by Gasteiger charge is 2.29. The number of nitrogens with two attached hydrogens (primary N) is 1. The highest BCUT2D eigenvalue weighted by Crippen LogP contribution is 2.34. The number of aryl methyl sites for hydroxylation is 1. The molecule has 2 heterocycles. The van der Waals surface area contributed by atoms with Crippen LogP contribution in [0.4, 0.5) is 5.95 Å². The fourth-order valence-electron chi connectivity index (χ4n) is 3.45. The number of hydrogen-bond donors (Lipinski definition) is 2. The first kappa shape index (κ1) is 14.6. The number of nitrogens with zero attached hydrogens (tertiary/aromatic N) is 2. The molecule has 0 amide bonds. The highest BCUT2D eigenvalue weighted by atomic mass is 16.1. The average molecular weight is 320 g/mol. The summed E-state index contributed by atoms with van der Waals surface area (Å²) in [6.45, 7) is 2.03. The number of H-pyrrole nitrogens is 1. The van der Waals surface area contributed by atoms with Crippen molar-refractivity contribution in [2.45, 2.75) is 25.7 Å². The molecule has 3 aromatic rings. The monoisotopic (exact) mass is 320 g/mol. The fourth-order valence-corrected chi connectivity index (χ4v) is 3.45. The van der Waals surface area contributed by atoms with E-state index in [0.717, 1.165) is 16.7 Å². The number of aromatic nitrogens is 3. The predicted molar refractivity (Wildman–Crippen MR) is 91.1 cm³/mol. The Kier molecular flexibility index (Phi) is 3.19. The zero-order valence-electron chi connectivity index (χ0n) is 13.2. The topological polar surface area (TPSA) is 102 Å². The molecule has 1 aliphatic rings. The Bertz CT molecular complexity index is 1040. The maximum atomic E-state index is 12.6. The minimum atomic E-state index is -0.348. The molecule has 0 aliphatic heterocycles. The van der Waals surface area contributed by atoms with E-state index in [1.165, 1.54) is 6.20 Å². The maximum absolute atomic E-state index is 12.6. The van der Waals surface area contributed by atoms with Gasteiger partial charge in [-0.2, -0.15) is 4.98 Å². The zero-order chi connectivity index (χ0) is 16.8. The summed E-state index contributed by atoms with van der Waals surface area (Å²) in [5, 5.41) is 0.368. The lowest BCUT2D eigenvalue weighted by Crippen LogP contribution is -2.23. The molecule has 1 atom stereocenters. The van der Waals surface area contributed by atoms with Crippen molar-refractivity contribution in [2.24, 2.45) is 0 Å². The van der Waals surface area contributed by atoms with Crippen LogP contribution < -0.4 is 11.3 Å². The lowest BCUT2D eigenvalue weighted by molar-refractivity contribution is 0.0964. The Hall–Kier alpha value is -3.02. The number of carbonyl (C=O) groups excluding carboxylic acids is 1. The smallest absolute Gasteiger partial charge is 0.262 e. The van der Waals surface area contributed by atoms with Gasteiger partial charge in [0.05, 0.1) is 5.39 Å². The third-order valence-electron chi connectivity index (χ3n) is 4.56. The Morgan fingerprint density at radius 1 is 1.25 bits per heavy atom. The SMILES string of the molecule is Cc1cccc([C@H]2CC(=O)c3cnc4nc(N)[nH]c(=O)c4c3C2)c1. The third-order valence-corrected chi connectivity index (χ3v) is 4.56. The lowest BCUT2D eigenvalue weighted by atomic mass is 9.79. The van der Waals surface area contributed by atoms with Gasteiger partial charge in [-0.1, -0.05) is 29.8 Å². The number of Topliss-reactive ketones (excluding diaryl/α,β-unsaturated/α-hetero) is 1. The van der Waals surface area contributed by atoms with E-state index in [0.29, 0.717) is 23.8 Å². The van der Waals surface area contributed by atoms with E-state index in [2.05, 4.69) is 21.0 Å². The summed E-state index contributed by atoms with van der Waals surface area (Å²) in [5.41, 5.74) is 9.02. The van der Waals surface area contributed by atoms with Crippen LogP contribution in [0.15, 0.2) is 35.3 Å². The molecule has 120 valence electrons. The van der Waals surface area contributed by atoms with Gasteiger partial charge in [-0.25, -0.2) is 4.98 Å². The molecule has 1 aromatic carbocycles. The van der Waals surface area contributed by atoms with E-state index in [4.69, 9.17) is 5.73 Å². The van der Waals surface area contributed by atoms with Crippen LogP contribution in [0, 0.1) is 6.92 Å². The Balaban J connectivity index is 1.91. The van der Waals surface area contributed by atoms with Crippen molar-refractivity contribution in [3.8, 4) is 0 Å². The lowest BCUT2D eigenvalue weighted by Gasteiger charge is -2.24. The van der Waals surface area contributed by atoms with Crippen molar-refractivity contribution in [1.29, 1.82) is 0 Å². The molecular formula is C18H16N4O2. The van der Waals surface area contributed by atoms with Gasteiger partial charge < -0.3 is 5.73 Å². The van der Waals surface area contributed by atoms with Crippen molar-refractivity contribution in [1.82, 2.24) is 15.0 Å². The summed E-state index contributed by atoms with van der Waals surface area (Å²) in [5.74, 6) is 0.0816. The van der Waals surface area contributed by atoms with Crippen LogP contribution >= 0.6 is 0 Å². The summed E-state index contributed by atoms with van der Waals surface area (Å²) < 4.78 is 0. The maximum Gasteiger partial charge on any atom is 0.262 e. The number of nitrogens with one attached hydrogen (secondary N) is 1. The number of nitrogen functional groups attached to an aromatic ring is 1. The Morgan fingerprint density at radius 2 is 2.08 bits per heavy atom. The van der Waals surface area contributed by atoms with Crippen molar-refractivity contribution in [3.05, 3.63) is 63.1 Å². The number of hydrogen-bond acceptors (Lipinski definition) is 5. The van der Waals surface area contributed by atoms with Gasteiger partial charge in [0.1, 0.15) is 0 Å². The molecule has 0 saturated carbocycles. The van der Waals surface area contributed by atoms with Crippen molar-refractivity contribution >= 4 is 22.8 Å². The van der Waals surface area contributed by atoms with E-state index >= 15 is 0 Å². The first-order valence-corrected chi connectivity index (χ1v) is 7.80. The minimum absolute atomic E-state index is 0.00776. The normalized spacial score (nSPS) is 17.0. The van der Waals surface area contributed by atoms with Crippen LogP contribution in [-0.4, -0.2) is 20.7 Å². The van der Waals surface area contributed by atoms with E-state index in [1.54, 1.807) is 0 Å². The summed E-state index contributed by atoms with van der Waals surface area (Å²) >= 11 is 0. The Labute approximate surface area is 137 Å². The van der Waals surface area contributed by atoms with Crippen LogP contribution in [0.2, 0.25) is 0 Å². The number of aromatic amines is 1. The molecule has 24 heavy (non-hydrogen) atoms. The molecule has 0 unspecified atom stereocenters. The molecular weight excluding hydrogens is 304 g/mol. The van der Waals surface area contributed by atoms with Gasteiger partial charge >= 0.3 is 0 Å². The first-order chi connectivity index (χ1) is 11.5. The van der Waals surface area contributed by atoms with Crippen LogP contribution in [0.3, 0.4) is 0 Å². The van der Waals surface area contributed by atoms with Crippen LogP contribution in [0.25, 0.3) is 11.0 Å². The predicted octanol–water partition coefficient (Wildman–Crippen LogP) is 2.12. The molecule has 1 aliphatic carbocycles. The minimum Gasteiger partial charge on any atom is -0.369 e. The molecule has 0 bridgehead atoms. The number of pyridine rings is 1. The molecule has 6 nitrogen and oxygen atoms in total. The first-order valence-electron chi connectivity index (χ1n) is 7.80. The van der Waals surface area contributed by atoms with Gasteiger partial charge in [0.25, 0.3) is 5.56 Å². The second-order valence-electron chi connectivity index (χ2n) is 6.24. The fraction of sp³-hybridized carbons (Fsp3) is 0.222. The van der Waals surface area contributed by atoms with Crippen molar-refractivity contribution in [3.63, 3.8) is 0 Å². The molecule has 0 radical (unpaired) electrons. The van der Waals surface area contributed by atoms with Crippen molar-refractivity contribution < 1.29 is 4.79 Å². The van der Waals surface area contributed by atoms with Gasteiger partial charge in [0.2, 0.25) is 5.95 Å².